The zero-order valence-corrected chi connectivity index (χ0v) is 15.6. The molecule has 0 unspecified atom stereocenters. The highest BCUT2D eigenvalue weighted by atomic mass is 16.7. The lowest BCUT2D eigenvalue weighted by Crippen LogP contribution is -2.23. The number of rotatable bonds is 6. The van der Waals surface area contributed by atoms with Crippen LogP contribution in [-0.2, 0) is 13.1 Å². The van der Waals surface area contributed by atoms with Gasteiger partial charge < -0.3 is 20.1 Å². The molecular weight excluding hydrogens is 354 g/mol. The van der Waals surface area contributed by atoms with Gasteiger partial charge in [0.1, 0.15) is 5.69 Å². The molecule has 6 heteroatoms. The summed E-state index contributed by atoms with van der Waals surface area (Å²) in [5.74, 6) is 1.20. The van der Waals surface area contributed by atoms with Gasteiger partial charge >= 0.3 is 0 Å². The van der Waals surface area contributed by atoms with Gasteiger partial charge in [0.05, 0.1) is 0 Å². The molecule has 0 atom stereocenters. The average Bonchev–Trinajstić information content (AvgIpc) is 3.19. The molecule has 1 aliphatic rings. The third-order valence-electron chi connectivity index (χ3n) is 4.63. The molecule has 2 aromatic carbocycles. The van der Waals surface area contributed by atoms with Crippen molar-refractivity contribution in [1.29, 1.82) is 0 Å². The number of carbonyl (C=O) groups is 1. The number of nitrogens with zero attached hydrogens (tertiary/aromatic N) is 1. The minimum absolute atomic E-state index is 0.225. The van der Waals surface area contributed by atoms with E-state index in [1.165, 1.54) is 11.1 Å². The number of ether oxygens (including phenoxy) is 2. The van der Waals surface area contributed by atoms with Gasteiger partial charge in [0.25, 0.3) is 5.91 Å². The molecule has 0 saturated heterocycles. The Labute approximate surface area is 163 Å². The van der Waals surface area contributed by atoms with E-state index in [0.29, 0.717) is 24.5 Å². The van der Waals surface area contributed by atoms with Crippen molar-refractivity contribution < 1.29 is 14.3 Å². The number of nitrogens with one attached hydrogen (secondary N) is 2. The van der Waals surface area contributed by atoms with E-state index in [2.05, 4.69) is 34.7 Å². The number of anilines is 1. The predicted octanol–water partition coefficient (Wildman–Crippen LogP) is 3.66. The van der Waals surface area contributed by atoms with Crippen molar-refractivity contribution in [2.24, 2.45) is 0 Å². The maximum atomic E-state index is 12.5. The van der Waals surface area contributed by atoms with Crippen LogP contribution >= 0.6 is 0 Å². The number of fused-ring (bicyclic) bond motifs is 1. The fourth-order valence-electron chi connectivity index (χ4n) is 2.99. The van der Waals surface area contributed by atoms with Crippen LogP contribution in [0.4, 0.5) is 5.69 Å². The fraction of sp³-hybridized carbons (Fsp3) is 0.182. The molecule has 4 rings (SSSR count). The monoisotopic (exact) mass is 375 g/mol. The summed E-state index contributed by atoms with van der Waals surface area (Å²) >= 11 is 0. The first-order valence-electron chi connectivity index (χ1n) is 9.10. The molecule has 0 bridgehead atoms. The van der Waals surface area contributed by atoms with Crippen LogP contribution in [0.5, 0.6) is 11.5 Å². The minimum atomic E-state index is -0.225. The highest BCUT2D eigenvalue weighted by Crippen LogP contribution is 2.32. The molecule has 1 aliphatic heterocycles. The maximum Gasteiger partial charge on any atom is 0.270 e. The quantitative estimate of drug-likeness (QED) is 0.688. The van der Waals surface area contributed by atoms with Crippen molar-refractivity contribution >= 4 is 11.6 Å². The van der Waals surface area contributed by atoms with E-state index < -0.39 is 0 Å². The van der Waals surface area contributed by atoms with Crippen molar-refractivity contribution in [2.45, 2.75) is 20.0 Å². The van der Waals surface area contributed by atoms with Crippen LogP contribution in [0, 0.1) is 6.92 Å². The molecule has 6 nitrogen and oxygen atoms in total. The Hall–Kier alpha value is -3.54. The Morgan fingerprint density at radius 1 is 1.04 bits per heavy atom. The van der Waals surface area contributed by atoms with E-state index in [0.717, 1.165) is 17.0 Å². The predicted molar refractivity (Wildman–Crippen MR) is 106 cm³/mol. The summed E-state index contributed by atoms with van der Waals surface area (Å²) in [6, 6.07) is 17.4. The highest BCUT2D eigenvalue weighted by Gasteiger charge is 2.14. The van der Waals surface area contributed by atoms with Crippen LogP contribution in [0.2, 0.25) is 0 Å². The Bertz CT molecular complexity index is 1000. The van der Waals surface area contributed by atoms with Crippen molar-refractivity contribution in [3.05, 3.63) is 83.2 Å². The lowest BCUT2D eigenvalue weighted by Gasteiger charge is -2.10. The molecular formula is C22H21N3O3. The molecule has 1 amide bonds. The number of aryl methyl sites for hydroxylation is 1. The average molecular weight is 375 g/mol. The Morgan fingerprint density at radius 2 is 1.89 bits per heavy atom. The zero-order chi connectivity index (χ0) is 19.3. The molecule has 1 aromatic heterocycles. The highest BCUT2D eigenvalue weighted by molar-refractivity contribution is 5.93. The van der Waals surface area contributed by atoms with Crippen LogP contribution in [0.25, 0.3) is 0 Å². The Morgan fingerprint density at radius 3 is 2.79 bits per heavy atom. The molecule has 0 aliphatic carbocycles. The van der Waals surface area contributed by atoms with Crippen LogP contribution in [-0.4, -0.2) is 17.7 Å². The first-order chi connectivity index (χ1) is 13.7. The van der Waals surface area contributed by atoms with Gasteiger partial charge in [-0.25, -0.2) is 0 Å². The maximum absolute atomic E-state index is 12.5. The van der Waals surface area contributed by atoms with Gasteiger partial charge in [-0.2, -0.15) is 0 Å². The lowest BCUT2D eigenvalue weighted by atomic mass is 10.1. The molecule has 0 fully saturated rings. The standard InChI is InChI=1S/C22H21N3O3/c1-15-4-2-3-5-17(15)13-24-18-8-9-23-19(11-18)22(26)25-12-16-6-7-20-21(10-16)28-14-27-20/h2-11H,12-14H2,1H3,(H,23,24)(H,25,26). The number of hydrogen-bond donors (Lipinski definition) is 2. The van der Waals surface area contributed by atoms with Gasteiger partial charge in [-0.05, 0) is 47.9 Å². The van der Waals surface area contributed by atoms with Crippen LogP contribution in [0.15, 0.2) is 60.8 Å². The SMILES string of the molecule is Cc1ccccc1CNc1ccnc(C(=O)NCc2ccc3c(c2)OCO3)c1. The Kier molecular flexibility index (Phi) is 5.10. The molecule has 3 aromatic rings. The second kappa shape index (κ2) is 8.00. The molecule has 2 N–H and O–H groups in total. The number of benzene rings is 2. The number of carbonyl (C=O) groups excluding carboxylic acids is 1. The number of pyridine rings is 1. The molecule has 0 saturated carbocycles. The molecule has 0 radical (unpaired) electrons. The minimum Gasteiger partial charge on any atom is -0.454 e. The van der Waals surface area contributed by atoms with E-state index in [1.807, 2.05) is 36.4 Å². The molecule has 142 valence electrons. The number of hydrogen-bond acceptors (Lipinski definition) is 5. The summed E-state index contributed by atoms with van der Waals surface area (Å²) in [5.41, 5.74) is 4.60. The largest absolute Gasteiger partial charge is 0.454 e. The van der Waals surface area contributed by atoms with E-state index in [9.17, 15) is 4.79 Å². The van der Waals surface area contributed by atoms with Gasteiger partial charge in [-0.1, -0.05) is 30.3 Å². The van der Waals surface area contributed by atoms with E-state index in [-0.39, 0.29) is 12.7 Å². The number of aromatic nitrogens is 1. The van der Waals surface area contributed by atoms with Crippen LogP contribution < -0.4 is 20.1 Å². The summed E-state index contributed by atoms with van der Waals surface area (Å²) in [7, 11) is 0. The van der Waals surface area contributed by atoms with Crippen molar-refractivity contribution in [2.75, 3.05) is 12.1 Å². The summed E-state index contributed by atoms with van der Waals surface area (Å²) < 4.78 is 10.7. The van der Waals surface area contributed by atoms with Gasteiger partial charge in [0.15, 0.2) is 11.5 Å². The van der Waals surface area contributed by atoms with Crippen molar-refractivity contribution in [3.63, 3.8) is 0 Å². The summed E-state index contributed by atoms with van der Waals surface area (Å²) in [4.78, 5) is 16.7. The summed E-state index contributed by atoms with van der Waals surface area (Å²) in [6.45, 7) is 3.39. The Balaban J connectivity index is 1.37. The first-order valence-corrected chi connectivity index (χ1v) is 9.10. The summed E-state index contributed by atoms with van der Waals surface area (Å²) in [5, 5.41) is 6.24. The fourth-order valence-corrected chi connectivity index (χ4v) is 2.99. The third-order valence-corrected chi connectivity index (χ3v) is 4.63. The van der Waals surface area contributed by atoms with E-state index in [4.69, 9.17) is 9.47 Å². The topological polar surface area (TPSA) is 72.5 Å². The molecule has 28 heavy (non-hydrogen) atoms. The van der Waals surface area contributed by atoms with Crippen LogP contribution in [0.3, 0.4) is 0 Å². The molecule has 0 spiro atoms. The second-order valence-electron chi connectivity index (χ2n) is 6.58. The van der Waals surface area contributed by atoms with Gasteiger partial charge in [-0.15, -0.1) is 0 Å². The van der Waals surface area contributed by atoms with Crippen LogP contribution in [0.1, 0.15) is 27.2 Å². The van der Waals surface area contributed by atoms with E-state index >= 15 is 0 Å². The van der Waals surface area contributed by atoms with Crippen molar-refractivity contribution in [3.8, 4) is 11.5 Å². The first kappa shape index (κ1) is 17.9. The number of amides is 1. The third kappa shape index (κ3) is 4.06. The summed E-state index contributed by atoms with van der Waals surface area (Å²) in [6.07, 6.45) is 1.63. The normalized spacial score (nSPS) is 11.9. The second-order valence-corrected chi connectivity index (χ2v) is 6.58. The van der Waals surface area contributed by atoms with Gasteiger partial charge in [0.2, 0.25) is 6.79 Å². The zero-order valence-electron chi connectivity index (χ0n) is 15.6. The lowest BCUT2D eigenvalue weighted by molar-refractivity contribution is 0.0946. The van der Waals surface area contributed by atoms with Gasteiger partial charge in [0, 0.05) is 25.0 Å². The van der Waals surface area contributed by atoms with Crippen molar-refractivity contribution in [1.82, 2.24) is 10.3 Å². The molecule has 2 heterocycles. The smallest absolute Gasteiger partial charge is 0.270 e. The van der Waals surface area contributed by atoms with E-state index in [1.54, 1.807) is 12.3 Å². The van der Waals surface area contributed by atoms with Gasteiger partial charge in [-0.3, -0.25) is 9.78 Å².